The molecule has 1 saturated carbocycles. The van der Waals surface area contributed by atoms with Crippen molar-refractivity contribution in [2.45, 2.75) is 51.2 Å². The van der Waals surface area contributed by atoms with E-state index >= 15 is 0 Å². The molecule has 1 amide bonds. The number of hydrogen-bond acceptors (Lipinski definition) is 5. The van der Waals surface area contributed by atoms with Gasteiger partial charge in [0.15, 0.2) is 0 Å². The highest BCUT2D eigenvalue weighted by molar-refractivity contribution is 5.77. The Bertz CT molecular complexity index is 824. The summed E-state index contributed by atoms with van der Waals surface area (Å²) in [5, 5.41) is 12.4. The molecule has 0 radical (unpaired) electrons. The van der Waals surface area contributed by atoms with Crippen LogP contribution in [0.5, 0.6) is 0 Å². The third-order valence-corrected chi connectivity index (χ3v) is 6.68. The van der Waals surface area contributed by atoms with Crippen LogP contribution in [0.3, 0.4) is 0 Å². The summed E-state index contributed by atoms with van der Waals surface area (Å²) in [5.41, 5.74) is -0.783. The first kappa shape index (κ1) is 25.3. The van der Waals surface area contributed by atoms with Crippen LogP contribution in [0.2, 0.25) is 0 Å². The van der Waals surface area contributed by atoms with Gasteiger partial charge in [0.05, 0.1) is 16.8 Å². The topological polar surface area (TPSA) is 68.6 Å². The predicted molar refractivity (Wildman–Crippen MR) is 120 cm³/mol. The Morgan fingerprint density at radius 3 is 2.48 bits per heavy atom. The van der Waals surface area contributed by atoms with Crippen molar-refractivity contribution in [2.75, 3.05) is 50.8 Å². The SMILES string of the molecule is CCOCC(=O)NC1CCC(CCN2CCN(c3cccc(C(F)(F)F)c3C#N)CC2)CC1. The highest BCUT2D eigenvalue weighted by Gasteiger charge is 2.35. The lowest BCUT2D eigenvalue weighted by Crippen LogP contribution is -2.47. The highest BCUT2D eigenvalue weighted by Crippen LogP contribution is 2.36. The fraction of sp³-hybridized carbons (Fsp3) is 0.667. The van der Waals surface area contributed by atoms with Gasteiger partial charge in [-0.3, -0.25) is 9.69 Å². The van der Waals surface area contributed by atoms with E-state index in [2.05, 4.69) is 10.2 Å². The Morgan fingerprint density at radius 2 is 1.88 bits per heavy atom. The second kappa shape index (κ2) is 11.7. The molecule has 0 unspecified atom stereocenters. The number of rotatable bonds is 8. The summed E-state index contributed by atoms with van der Waals surface area (Å²) in [4.78, 5) is 16.0. The van der Waals surface area contributed by atoms with E-state index in [9.17, 15) is 23.2 Å². The summed E-state index contributed by atoms with van der Waals surface area (Å²) in [6, 6.07) is 5.95. The van der Waals surface area contributed by atoms with Crippen LogP contribution in [0.15, 0.2) is 18.2 Å². The molecule has 6 nitrogen and oxygen atoms in total. The van der Waals surface area contributed by atoms with Crippen LogP contribution in [0, 0.1) is 17.2 Å². The summed E-state index contributed by atoms with van der Waals surface area (Å²) < 4.78 is 44.9. The van der Waals surface area contributed by atoms with E-state index in [0.29, 0.717) is 31.3 Å². The summed E-state index contributed by atoms with van der Waals surface area (Å²) >= 11 is 0. The molecule has 0 atom stereocenters. The molecule has 3 rings (SSSR count). The summed E-state index contributed by atoms with van der Waals surface area (Å²) in [5.74, 6) is 0.593. The van der Waals surface area contributed by atoms with Crippen molar-refractivity contribution >= 4 is 11.6 Å². The smallest absolute Gasteiger partial charge is 0.372 e. The number of carbonyl (C=O) groups is 1. The zero-order valence-electron chi connectivity index (χ0n) is 19.2. The van der Waals surface area contributed by atoms with E-state index in [4.69, 9.17) is 4.74 Å². The normalized spacial score (nSPS) is 22.1. The van der Waals surface area contributed by atoms with Crippen molar-refractivity contribution in [1.29, 1.82) is 5.26 Å². The molecule has 2 fully saturated rings. The van der Waals surface area contributed by atoms with E-state index in [1.54, 1.807) is 12.1 Å². The standard InChI is InChI=1S/C24H33F3N4O2/c1-2-33-17-23(32)29-19-8-6-18(7-9-19)10-11-30-12-14-31(15-13-30)22-5-3-4-21(20(22)16-28)24(25,26)27/h3-5,18-19H,2,6-15,17H2,1H3,(H,29,32). The zero-order valence-corrected chi connectivity index (χ0v) is 19.2. The first-order valence-electron chi connectivity index (χ1n) is 11.8. The van der Waals surface area contributed by atoms with Gasteiger partial charge < -0.3 is 15.0 Å². The molecule has 1 saturated heterocycles. The molecule has 9 heteroatoms. The summed E-state index contributed by atoms with van der Waals surface area (Å²) in [6.07, 6.45) is 0.719. The fourth-order valence-corrected chi connectivity index (χ4v) is 4.79. The maximum absolute atomic E-state index is 13.3. The van der Waals surface area contributed by atoms with Gasteiger partial charge in [-0.25, -0.2) is 0 Å². The van der Waals surface area contributed by atoms with Gasteiger partial charge in [-0.15, -0.1) is 0 Å². The van der Waals surface area contributed by atoms with E-state index in [0.717, 1.165) is 57.8 Å². The monoisotopic (exact) mass is 466 g/mol. The van der Waals surface area contributed by atoms with Crippen LogP contribution >= 0.6 is 0 Å². The number of nitrogens with zero attached hydrogens (tertiary/aromatic N) is 3. The lowest BCUT2D eigenvalue weighted by molar-refractivity contribution is -0.137. The molecule has 1 aliphatic carbocycles. The van der Waals surface area contributed by atoms with Crippen LogP contribution < -0.4 is 10.2 Å². The summed E-state index contributed by atoms with van der Waals surface area (Å²) in [7, 11) is 0. The third-order valence-electron chi connectivity index (χ3n) is 6.68. The Labute approximate surface area is 193 Å². The average molecular weight is 467 g/mol. The molecular formula is C24H33F3N4O2. The number of amides is 1. The lowest BCUT2D eigenvalue weighted by atomic mass is 9.84. The average Bonchev–Trinajstić information content (AvgIpc) is 2.81. The number of anilines is 1. The molecule has 0 bridgehead atoms. The van der Waals surface area contributed by atoms with Gasteiger partial charge in [0.1, 0.15) is 12.7 Å². The van der Waals surface area contributed by atoms with Gasteiger partial charge in [0, 0.05) is 38.8 Å². The molecule has 1 aliphatic heterocycles. The van der Waals surface area contributed by atoms with Crippen molar-refractivity contribution in [3.63, 3.8) is 0 Å². The Kier molecular flexibility index (Phi) is 8.98. The summed E-state index contributed by atoms with van der Waals surface area (Å²) in [6.45, 7) is 6.24. The fourth-order valence-electron chi connectivity index (χ4n) is 4.79. The second-order valence-corrected chi connectivity index (χ2v) is 8.85. The third kappa shape index (κ3) is 7.08. The maximum atomic E-state index is 13.3. The molecule has 0 aromatic heterocycles. The second-order valence-electron chi connectivity index (χ2n) is 8.85. The van der Waals surface area contributed by atoms with Gasteiger partial charge in [-0.1, -0.05) is 6.07 Å². The van der Waals surface area contributed by atoms with Crippen molar-refractivity contribution in [1.82, 2.24) is 10.2 Å². The number of halogens is 3. The van der Waals surface area contributed by atoms with Gasteiger partial charge in [-0.2, -0.15) is 18.4 Å². The number of nitrogens with one attached hydrogen (secondary N) is 1. The number of nitriles is 1. The number of piperazine rings is 1. The van der Waals surface area contributed by atoms with Crippen molar-refractivity contribution in [3.05, 3.63) is 29.3 Å². The van der Waals surface area contributed by atoms with Gasteiger partial charge in [-0.05, 0) is 63.6 Å². The number of carbonyl (C=O) groups excluding carboxylic acids is 1. The van der Waals surface area contributed by atoms with Gasteiger partial charge >= 0.3 is 6.18 Å². The Morgan fingerprint density at radius 1 is 1.18 bits per heavy atom. The molecule has 1 aromatic rings. The minimum absolute atomic E-state index is 0.0431. The Hall–Kier alpha value is -2.31. The highest BCUT2D eigenvalue weighted by atomic mass is 19.4. The van der Waals surface area contributed by atoms with E-state index < -0.39 is 11.7 Å². The van der Waals surface area contributed by atoms with Crippen molar-refractivity contribution in [3.8, 4) is 6.07 Å². The molecule has 182 valence electrons. The van der Waals surface area contributed by atoms with Crippen LogP contribution in [0.25, 0.3) is 0 Å². The first-order chi connectivity index (χ1) is 15.8. The lowest BCUT2D eigenvalue weighted by Gasteiger charge is -2.37. The van der Waals surface area contributed by atoms with Crippen molar-refractivity contribution in [2.24, 2.45) is 5.92 Å². The molecule has 0 spiro atoms. The quantitative estimate of drug-likeness (QED) is 0.631. The van der Waals surface area contributed by atoms with Crippen molar-refractivity contribution < 1.29 is 22.7 Å². The molecule has 1 N–H and O–H groups in total. The van der Waals surface area contributed by atoms with E-state index in [1.807, 2.05) is 11.8 Å². The molecular weight excluding hydrogens is 433 g/mol. The minimum Gasteiger partial charge on any atom is -0.372 e. The molecule has 2 aliphatic rings. The van der Waals surface area contributed by atoms with Crippen LogP contribution in [-0.2, 0) is 15.7 Å². The van der Waals surface area contributed by atoms with E-state index in [1.165, 1.54) is 6.07 Å². The van der Waals surface area contributed by atoms with Crippen LogP contribution in [0.4, 0.5) is 18.9 Å². The number of benzene rings is 1. The minimum atomic E-state index is -4.53. The Balaban J connectivity index is 1.42. The predicted octanol–water partition coefficient (Wildman–Crippen LogP) is 3.80. The zero-order chi connectivity index (χ0) is 23.8. The van der Waals surface area contributed by atoms with Crippen LogP contribution in [-0.4, -0.2) is 62.8 Å². The number of alkyl halides is 3. The molecule has 33 heavy (non-hydrogen) atoms. The molecule has 1 heterocycles. The number of ether oxygens (including phenoxy) is 1. The first-order valence-corrected chi connectivity index (χ1v) is 11.8. The van der Waals surface area contributed by atoms with Gasteiger partial charge in [0.2, 0.25) is 5.91 Å². The molecule has 1 aromatic carbocycles. The number of hydrogen-bond donors (Lipinski definition) is 1. The largest absolute Gasteiger partial charge is 0.417 e. The maximum Gasteiger partial charge on any atom is 0.417 e. The van der Waals surface area contributed by atoms with Crippen LogP contribution in [0.1, 0.15) is 50.2 Å². The van der Waals surface area contributed by atoms with E-state index in [-0.39, 0.29) is 24.1 Å². The van der Waals surface area contributed by atoms with Gasteiger partial charge in [0.25, 0.3) is 0 Å².